The van der Waals surface area contributed by atoms with Gasteiger partial charge in [0, 0.05) is 11.8 Å². The molecule has 1 aromatic heterocycles. The third-order valence-electron chi connectivity index (χ3n) is 2.39. The maximum atomic E-state index is 10.5. The van der Waals surface area contributed by atoms with Gasteiger partial charge in [0.25, 0.3) is 0 Å². The highest BCUT2D eigenvalue weighted by molar-refractivity contribution is 5.82. The molecular weight excluding hydrogens is 204 g/mol. The van der Waals surface area contributed by atoms with Crippen LogP contribution in [0.25, 0.3) is 10.9 Å². The third kappa shape index (κ3) is 2.28. The fourth-order valence-electron chi connectivity index (χ4n) is 1.60. The summed E-state index contributed by atoms with van der Waals surface area (Å²) in [4.78, 5) is 14.6. The predicted octanol–water partition coefficient (Wildman–Crippen LogP) is 1.83. The average Bonchev–Trinajstić information content (AvgIpc) is 2.25. The van der Waals surface area contributed by atoms with E-state index in [-0.39, 0.29) is 6.42 Å². The van der Waals surface area contributed by atoms with Crippen molar-refractivity contribution in [3.63, 3.8) is 0 Å². The number of aliphatic carboxylic acids is 1. The van der Waals surface area contributed by atoms with Gasteiger partial charge in [-0.2, -0.15) is 0 Å². The molecule has 16 heavy (non-hydrogen) atoms. The zero-order valence-corrected chi connectivity index (χ0v) is 8.68. The molecule has 1 aromatic carbocycles. The molecule has 0 spiro atoms. The van der Waals surface area contributed by atoms with Crippen LogP contribution in [-0.4, -0.2) is 16.1 Å². The Balaban J connectivity index is 2.31. The van der Waals surface area contributed by atoms with Crippen molar-refractivity contribution in [1.29, 1.82) is 0 Å². The molecule has 1 heterocycles. The Morgan fingerprint density at radius 1 is 1.38 bits per heavy atom. The molecule has 0 unspecified atom stereocenters. The first-order valence-electron chi connectivity index (χ1n) is 5.01. The fourth-order valence-corrected chi connectivity index (χ4v) is 1.60. The number of benzene rings is 1. The molecule has 4 heteroatoms. The van der Waals surface area contributed by atoms with E-state index in [4.69, 9.17) is 10.8 Å². The number of anilines is 1. The van der Waals surface area contributed by atoms with Crippen LogP contribution in [0.2, 0.25) is 0 Å². The van der Waals surface area contributed by atoms with Gasteiger partial charge in [0.15, 0.2) is 0 Å². The molecular formula is C12H12N2O2. The van der Waals surface area contributed by atoms with E-state index < -0.39 is 5.97 Å². The van der Waals surface area contributed by atoms with E-state index in [0.29, 0.717) is 12.1 Å². The maximum absolute atomic E-state index is 10.5. The molecule has 0 atom stereocenters. The smallest absolute Gasteiger partial charge is 0.303 e. The number of nitrogen functional groups attached to an aromatic ring is 1. The van der Waals surface area contributed by atoms with Gasteiger partial charge in [-0.25, -0.2) is 0 Å². The zero-order chi connectivity index (χ0) is 11.5. The van der Waals surface area contributed by atoms with Crippen LogP contribution in [0.1, 0.15) is 12.0 Å². The number of aromatic nitrogens is 1. The minimum Gasteiger partial charge on any atom is -0.481 e. The Labute approximate surface area is 92.7 Å². The summed E-state index contributed by atoms with van der Waals surface area (Å²) in [6, 6.07) is 7.55. The van der Waals surface area contributed by atoms with Crippen molar-refractivity contribution in [3.05, 3.63) is 36.0 Å². The van der Waals surface area contributed by atoms with Gasteiger partial charge in [-0.3, -0.25) is 9.78 Å². The minimum absolute atomic E-state index is 0.140. The second-order valence-corrected chi connectivity index (χ2v) is 3.69. The summed E-state index contributed by atoms with van der Waals surface area (Å²) in [6.45, 7) is 0. The number of pyridine rings is 1. The molecule has 3 N–H and O–H groups in total. The van der Waals surface area contributed by atoms with Crippen molar-refractivity contribution in [3.8, 4) is 0 Å². The first kappa shape index (κ1) is 10.4. The van der Waals surface area contributed by atoms with Crippen LogP contribution in [-0.2, 0) is 11.2 Å². The van der Waals surface area contributed by atoms with Crippen LogP contribution in [0.5, 0.6) is 0 Å². The van der Waals surface area contributed by atoms with Crippen LogP contribution in [0.3, 0.4) is 0 Å². The predicted molar refractivity (Wildman–Crippen MR) is 62.1 cm³/mol. The standard InChI is InChI=1S/C12H12N2O2/c13-10-6-9-5-8(2-4-12(15)16)1-3-11(9)14-7-10/h1,3,5-7H,2,4,13H2,(H,15,16). The lowest BCUT2D eigenvalue weighted by atomic mass is 10.1. The molecule has 0 amide bonds. The van der Waals surface area contributed by atoms with E-state index in [1.54, 1.807) is 6.20 Å². The number of aryl methyl sites for hydroxylation is 1. The van der Waals surface area contributed by atoms with Gasteiger partial charge in [0.1, 0.15) is 0 Å². The van der Waals surface area contributed by atoms with Crippen molar-refractivity contribution < 1.29 is 9.90 Å². The maximum Gasteiger partial charge on any atom is 0.303 e. The molecule has 0 saturated carbocycles. The summed E-state index contributed by atoms with van der Waals surface area (Å²) in [5.41, 5.74) is 8.11. The molecule has 0 bridgehead atoms. The molecule has 2 rings (SSSR count). The lowest BCUT2D eigenvalue weighted by Crippen LogP contribution is -1.97. The van der Waals surface area contributed by atoms with E-state index in [9.17, 15) is 4.79 Å². The average molecular weight is 216 g/mol. The summed E-state index contributed by atoms with van der Waals surface area (Å²) in [5.74, 6) is -0.786. The normalized spacial score (nSPS) is 10.5. The van der Waals surface area contributed by atoms with E-state index in [2.05, 4.69) is 4.98 Å². The number of nitrogens with zero attached hydrogens (tertiary/aromatic N) is 1. The molecule has 82 valence electrons. The number of fused-ring (bicyclic) bond motifs is 1. The van der Waals surface area contributed by atoms with Crippen LogP contribution in [0, 0.1) is 0 Å². The van der Waals surface area contributed by atoms with E-state index >= 15 is 0 Å². The minimum atomic E-state index is -0.786. The van der Waals surface area contributed by atoms with Crippen LogP contribution < -0.4 is 5.73 Å². The topological polar surface area (TPSA) is 76.2 Å². The molecule has 0 aliphatic carbocycles. The summed E-state index contributed by atoms with van der Waals surface area (Å²) in [5, 5.41) is 9.55. The Morgan fingerprint density at radius 3 is 2.94 bits per heavy atom. The van der Waals surface area contributed by atoms with Gasteiger partial charge in [0.05, 0.1) is 17.4 Å². The van der Waals surface area contributed by atoms with Gasteiger partial charge < -0.3 is 10.8 Å². The Kier molecular flexibility index (Phi) is 2.72. The van der Waals surface area contributed by atoms with Gasteiger partial charge in [-0.05, 0) is 30.2 Å². The molecule has 0 aliphatic heterocycles. The van der Waals surface area contributed by atoms with Crippen molar-refractivity contribution in [2.24, 2.45) is 0 Å². The van der Waals surface area contributed by atoms with E-state index in [0.717, 1.165) is 16.5 Å². The lowest BCUT2D eigenvalue weighted by molar-refractivity contribution is -0.136. The van der Waals surface area contributed by atoms with Crippen molar-refractivity contribution in [1.82, 2.24) is 4.98 Å². The van der Waals surface area contributed by atoms with Crippen LogP contribution >= 0.6 is 0 Å². The number of rotatable bonds is 3. The van der Waals surface area contributed by atoms with E-state index in [1.165, 1.54) is 0 Å². The molecule has 0 saturated heterocycles. The number of carboxylic acid groups (broad SMARTS) is 1. The third-order valence-corrected chi connectivity index (χ3v) is 2.39. The van der Waals surface area contributed by atoms with Gasteiger partial charge in [-0.15, -0.1) is 0 Å². The van der Waals surface area contributed by atoms with E-state index in [1.807, 2.05) is 24.3 Å². The van der Waals surface area contributed by atoms with Gasteiger partial charge in [-0.1, -0.05) is 6.07 Å². The summed E-state index contributed by atoms with van der Waals surface area (Å²) < 4.78 is 0. The Bertz CT molecular complexity index is 538. The molecule has 2 aromatic rings. The first-order valence-corrected chi connectivity index (χ1v) is 5.01. The largest absolute Gasteiger partial charge is 0.481 e. The lowest BCUT2D eigenvalue weighted by Gasteiger charge is -2.02. The highest BCUT2D eigenvalue weighted by Crippen LogP contribution is 2.17. The number of hydrogen-bond donors (Lipinski definition) is 2. The summed E-state index contributed by atoms with van der Waals surface area (Å²) in [7, 11) is 0. The Hall–Kier alpha value is -2.10. The van der Waals surface area contributed by atoms with Crippen molar-refractivity contribution in [2.45, 2.75) is 12.8 Å². The van der Waals surface area contributed by atoms with Gasteiger partial charge >= 0.3 is 5.97 Å². The number of carboxylic acids is 1. The summed E-state index contributed by atoms with van der Waals surface area (Å²) >= 11 is 0. The fraction of sp³-hybridized carbons (Fsp3) is 0.167. The van der Waals surface area contributed by atoms with Crippen molar-refractivity contribution in [2.75, 3.05) is 5.73 Å². The van der Waals surface area contributed by atoms with Crippen molar-refractivity contribution >= 4 is 22.6 Å². The number of nitrogens with two attached hydrogens (primary N) is 1. The highest BCUT2D eigenvalue weighted by Gasteiger charge is 2.01. The number of carbonyl (C=O) groups is 1. The second-order valence-electron chi connectivity index (χ2n) is 3.69. The Morgan fingerprint density at radius 2 is 2.19 bits per heavy atom. The number of hydrogen-bond acceptors (Lipinski definition) is 3. The molecule has 0 fully saturated rings. The quantitative estimate of drug-likeness (QED) is 0.820. The SMILES string of the molecule is Nc1cnc2ccc(CCC(=O)O)cc2c1. The molecule has 0 radical (unpaired) electrons. The second kappa shape index (κ2) is 4.18. The molecule has 0 aliphatic rings. The summed E-state index contributed by atoms with van der Waals surface area (Å²) in [6.07, 6.45) is 2.28. The monoisotopic (exact) mass is 216 g/mol. The molecule has 4 nitrogen and oxygen atoms in total. The van der Waals surface area contributed by atoms with Crippen LogP contribution in [0.4, 0.5) is 5.69 Å². The zero-order valence-electron chi connectivity index (χ0n) is 8.68. The first-order chi connectivity index (χ1) is 7.65. The van der Waals surface area contributed by atoms with Crippen LogP contribution in [0.15, 0.2) is 30.5 Å². The highest BCUT2D eigenvalue weighted by atomic mass is 16.4. The van der Waals surface area contributed by atoms with Gasteiger partial charge in [0.2, 0.25) is 0 Å².